The van der Waals surface area contributed by atoms with Crippen LogP contribution in [-0.4, -0.2) is 0 Å². The molecule has 94 valence electrons. The van der Waals surface area contributed by atoms with E-state index < -0.39 is 0 Å². The molecule has 0 radical (unpaired) electrons. The van der Waals surface area contributed by atoms with Crippen molar-refractivity contribution in [2.24, 2.45) is 0 Å². The van der Waals surface area contributed by atoms with E-state index in [2.05, 4.69) is 49.1 Å². The molecular formula is C19H18. The maximum atomic E-state index is 3.26. The summed E-state index contributed by atoms with van der Waals surface area (Å²) in [7, 11) is 0. The molecule has 2 aromatic rings. The smallest absolute Gasteiger partial charge is 0.0321 e. The average Bonchev–Trinajstić information content (AvgIpc) is 2.48. The molecule has 0 aliphatic rings. The van der Waals surface area contributed by atoms with E-state index in [0.717, 1.165) is 17.5 Å². The van der Waals surface area contributed by atoms with Gasteiger partial charge < -0.3 is 0 Å². The molecule has 0 nitrogen and oxygen atoms in total. The standard InChI is InChI=1S/C19H18/c1-2-3-5-12-18-13-8-9-14-19(18)16-15-17-10-6-4-7-11-17/h4-14H,2-3H2,1H3/b12-5-. The van der Waals surface area contributed by atoms with E-state index in [1.54, 1.807) is 0 Å². The first kappa shape index (κ1) is 13.2. The number of rotatable bonds is 3. The Morgan fingerprint density at radius 2 is 1.63 bits per heavy atom. The third kappa shape index (κ3) is 4.16. The summed E-state index contributed by atoms with van der Waals surface area (Å²) in [5, 5.41) is 0. The van der Waals surface area contributed by atoms with E-state index in [1.165, 1.54) is 12.0 Å². The van der Waals surface area contributed by atoms with Crippen molar-refractivity contribution in [2.45, 2.75) is 19.8 Å². The van der Waals surface area contributed by atoms with Gasteiger partial charge in [0.1, 0.15) is 0 Å². The molecule has 0 atom stereocenters. The number of hydrogen-bond donors (Lipinski definition) is 0. The van der Waals surface area contributed by atoms with E-state index >= 15 is 0 Å². The molecule has 0 saturated heterocycles. The van der Waals surface area contributed by atoms with Crippen molar-refractivity contribution >= 4 is 6.08 Å². The Balaban J connectivity index is 2.23. The molecule has 2 aromatic carbocycles. The molecule has 0 fully saturated rings. The zero-order valence-electron chi connectivity index (χ0n) is 11.3. The highest BCUT2D eigenvalue weighted by atomic mass is 14.0. The molecular weight excluding hydrogens is 228 g/mol. The lowest BCUT2D eigenvalue weighted by Crippen LogP contribution is -1.81. The van der Waals surface area contributed by atoms with Crippen LogP contribution in [0, 0.1) is 11.8 Å². The molecule has 0 heterocycles. The highest BCUT2D eigenvalue weighted by molar-refractivity contribution is 5.60. The van der Waals surface area contributed by atoms with Crippen LogP contribution in [0.3, 0.4) is 0 Å². The minimum Gasteiger partial charge on any atom is -0.0839 e. The minimum absolute atomic E-state index is 1.05. The molecule has 0 aromatic heterocycles. The fraction of sp³-hybridized carbons (Fsp3) is 0.158. The third-order valence-corrected chi connectivity index (χ3v) is 2.83. The van der Waals surface area contributed by atoms with E-state index in [0.29, 0.717) is 0 Å². The predicted molar refractivity (Wildman–Crippen MR) is 82.8 cm³/mol. The van der Waals surface area contributed by atoms with Crippen LogP contribution in [-0.2, 0) is 0 Å². The van der Waals surface area contributed by atoms with Crippen molar-refractivity contribution in [2.75, 3.05) is 0 Å². The largest absolute Gasteiger partial charge is 0.0839 e. The fourth-order valence-electron chi connectivity index (χ4n) is 1.79. The van der Waals surface area contributed by atoms with Gasteiger partial charge in [-0.05, 0) is 30.2 Å². The van der Waals surface area contributed by atoms with E-state index in [-0.39, 0.29) is 0 Å². The second-order valence-corrected chi connectivity index (χ2v) is 4.39. The van der Waals surface area contributed by atoms with Gasteiger partial charge in [-0.1, -0.05) is 73.7 Å². The topological polar surface area (TPSA) is 0 Å². The van der Waals surface area contributed by atoms with Crippen molar-refractivity contribution in [3.8, 4) is 11.8 Å². The fourth-order valence-corrected chi connectivity index (χ4v) is 1.79. The van der Waals surface area contributed by atoms with Gasteiger partial charge in [0, 0.05) is 11.1 Å². The Labute approximate surface area is 115 Å². The van der Waals surface area contributed by atoms with E-state index in [9.17, 15) is 0 Å². The van der Waals surface area contributed by atoms with Gasteiger partial charge in [-0.25, -0.2) is 0 Å². The van der Waals surface area contributed by atoms with Gasteiger partial charge in [0.15, 0.2) is 0 Å². The average molecular weight is 246 g/mol. The minimum atomic E-state index is 1.05. The van der Waals surface area contributed by atoms with Crippen LogP contribution in [0.5, 0.6) is 0 Å². The normalized spacial score (nSPS) is 10.2. The van der Waals surface area contributed by atoms with Crippen molar-refractivity contribution < 1.29 is 0 Å². The van der Waals surface area contributed by atoms with Crippen molar-refractivity contribution in [1.29, 1.82) is 0 Å². The Kier molecular flexibility index (Phi) is 5.02. The maximum Gasteiger partial charge on any atom is 0.0321 e. The SMILES string of the molecule is CCC/C=C\c1ccccc1C#Cc1ccccc1. The molecule has 0 N–H and O–H groups in total. The van der Waals surface area contributed by atoms with Crippen LogP contribution in [0.1, 0.15) is 36.5 Å². The highest BCUT2D eigenvalue weighted by Gasteiger charge is 1.93. The summed E-state index contributed by atoms with van der Waals surface area (Å²) in [4.78, 5) is 0. The first-order valence-corrected chi connectivity index (χ1v) is 6.73. The summed E-state index contributed by atoms with van der Waals surface area (Å²) >= 11 is 0. The first-order valence-electron chi connectivity index (χ1n) is 6.73. The number of benzene rings is 2. The molecule has 0 bridgehead atoms. The lowest BCUT2D eigenvalue weighted by Gasteiger charge is -1.97. The Hall–Kier alpha value is -2.26. The van der Waals surface area contributed by atoms with Crippen LogP contribution < -0.4 is 0 Å². The quantitative estimate of drug-likeness (QED) is 0.676. The molecule has 0 aliphatic heterocycles. The Morgan fingerprint density at radius 1 is 0.895 bits per heavy atom. The van der Waals surface area contributed by atoms with Crippen LogP contribution in [0.25, 0.3) is 6.08 Å². The molecule has 0 heteroatoms. The summed E-state index contributed by atoms with van der Waals surface area (Å²) in [6.07, 6.45) is 6.66. The maximum absolute atomic E-state index is 3.26. The molecule has 2 rings (SSSR count). The molecule has 0 unspecified atom stereocenters. The lowest BCUT2D eigenvalue weighted by molar-refractivity contribution is 0.962. The Morgan fingerprint density at radius 3 is 2.42 bits per heavy atom. The van der Waals surface area contributed by atoms with Crippen LogP contribution in [0.15, 0.2) is 60.7 Å². The number of unbranched alkanes of at least 4 members (excludes halogenated alkanes) is 1. The van der Waals surface area contributed by atoms with Crippen molar-refractivity contribution in [3.63, 3.8) is 0 Å². The number of hydrogen-bond acceptors (Lipinski definition) is 0. The summed E-state index contributed by atoms with van der Waals surface area (Å²) < 4.78 is 0. The third-order valence-electron chi connectivity index (χ3n) is 2.83. The van der Waals surface area contributed by atoms with Crippen LogP contribution in [0.4, 0.5) is 0 Å². The van der Waals surface area contributed by atoms with Gasteiger partial charge in [-0.3, -0.25) is 0 Å². The zero-order chi connectivity index (χ0) is 13.3. The second-order valence-electron chi connectivity index (χ2n) is 4.39. The van der Waals surface area contributed by atoms with Gasteiger partial charge in [-0.2, -0.15) is 0 Å². The summed E-state index contributed by atoms with van der Waals surface area (Å²) in [5.41, 5.74) is 3.33. The second kappa shape index (κ2) is 7.24. The van der Waals surface area contributed by atoms with Gasteiger partial charge >= 0.3 is 0 Å². The van der Waals surface area contributed by atoms with Gasteiger partial charge in [0.05, 0.1) is 0 Å². The zero-order valence-corrected chi connectivity index (χ0v) is 11.3. The molecule has 19 heavy (non-hydrogen) atoms. The van der Waals surface area contributed by atoms with Gasteiger partial charge in [0.25, 0.3) is 0 Å². The van der Waals surface area contributed by atoms with Gasteiger partial charge in [0.2, 0.25) is 0 Å². The molecule has 0 saturated carbocycles. The van der Waals surface area contributed by atoms with Crippen molar-refractivity contribution in [1.82, 2.24) is 0 Å². The van der Waals surface area contributed by atoms with Crippen molar-refractivity contribution in [3.05, 3.63) is 77.4 Å². The Bertz CT molecular complexity index is 595. The monoisotopic (exact) mass is 246 g/mol. The predicted octanol–water partition coefficient (Wildman–Crippen LogP) is 4.90. The van der Waals surface area contributed by atoms with E-state index in [4.69, 9.17) is 0 Å². The first-order chi connectivity index (χ1) is 9.40. The van der Waals surface area contributed by atoms with Gasteiger partial charge in [-0.15, -0.1) is 0 Å². The molecule has 0 spiro atoms. The summed E-state index contributed by atoms with van der Waals surface area (Å²) in [6.45, 7) is 2.19. The summed E-state index contributed by atoms with van der Waals surface area (Å²) in [5.74, 6) is 6.46. The van der Waals surface area contributed by atoms with Crippen LogP contribution >= 0.6 is 0 Å². The summed E-state index contributed by atoms with van der Waals surface area (Å²) in [6, 6.07) is 18.4. The molecule has 0 aliphatic carbocycles. The lowest BCUT2D eigenvalue weighted by atomic mass is 10.1. The van der Waals surface area contributed by atoms with E-state index in [1.807, 2.05) is 36.4 Å². The highest BCUT2D eigenvalue weighted by Crippen LogP contribution is 2.10. The number of allylic oxidation sites excluding steroid dienone is 1. The van der Waals surface area contributed by atoms with Crippen LogP contribution in [0.2, 0.25) is 0 Å². The molecule has 0 amide bonds.